The highest BCUT2D eigenvalue weighted by Crippen LogP contribution is 2.28. The number of aromatic hydroxyl groups is 1. The molecule has 6 heteroatoms. The Morgan fingerprint density at radius 1 is 1.31 bits per heavy atom. The molecule has 0 saturated carbocycles. The zero-order chi connectivity index (χ0) is 11.5. The Morgan fingerprint density at radius 3 is 2.69 bits per heavy atom. The second kappa shape index (κ2) is 4.28. The van der Waals surface area contributed by atoms with Crippen molar-refractivity contribution in [3.8, 4) is 5.75 Å². The summed E-state index contributed by atoms with van der Waals surface area (Å²) in [5.41, 5.74) is 5.33. The summed E-state index contributed by atoms with van der Waals surface area (Å²) < 4.78 is 0. The van der Waals surface area contributed by atoms with Crippen LogP contribution in [-0.4, -0.2) is 15.1 Å². The minimum Gasteiger partial charge on any atom is -0.508 e. The lowest BCUT2D eigenvalue weighted by molar-refractivity contribution is 0.475. The highest BCUT2D eigenvalue weighted by molar-refractivity contribution is 7.99. The van der Waals surface area contributed by atoms with Crippen molar-refractivity contribution in [1.82, 2.24) is 9.97 Å². The lowest BCUT2D eigenvalue weighted by atomic mass is 10.3. The van der Waals surface area contributed by atoms with Gasteiger partial charge in [0.05, 0.1) is 6.33 Å². The van der Waals surface area contributed by atoms with Gasteiger partial charge in [0, 0.05) is 4.90 Å². The molecule has 82 valence electrons. The molecular formula is C10H9N3O2S. The summed E-state index contributed by atoms with van der Waals surface area (Å²) in [6.45, 7) is 0. The number of rotatable bonds is 2. The largest absolute Gasteiger partial charge is 0.508 e. The lowest BCUT2D eigenvalue weighted by Gasteiger charge is -2.02. The fourth-order valence-corrected chi connectivity index (χ4v) is 1.90. The number of nitrogens with one attached hydrogen (secondary N) is 1. The lowest BCUT2D eigenvalue weighted by Crippen LogP contribution is -2.13. The molecule has 0 unspecified atom stereocenters. The van der Waals surface area contributed by atoms with Crippen LogP contribution >= 0.6 is 11.8 Å². The average molecular weight is 235 g/mol. The van der Waals surface area contributed by atoms with Gasteiger partial charge in [0.2, 0.25) is 0 Å². The van der Waals surface area contributed by atoms with Gasteiger partial charge in [-0.05, 0) is 24.3 Å². The molecule has 0 radical (unpaired) electrons. The summed E-state index contributed by atoms with van der Waals surface area (Å²) in [5.74, 6) is 0.191. The van der Waals surface area contributed by atoms with Gasteiger partial charge in [-0.15, -0.1) is 0 Å². The molecule has 0 aliphatic rings. The van der Waals surface area contributed by atoms with Gasteiger partial charge in [-0.1, -0.05) is 11.8 Å². The maximum Gasteiger partial charge on any atom is 0.275 e. The number of nitrogen functional groups attached to an aromatic ring is 1. The van der Waals surface area contributed by atoms with Crippen LogP contribution in [0.25, 0.3) is 0 Å². The van der Waals surface area contributed by atoms with Crippen molar-refractivity contribution in [2.45, 2.75) is 9.92 Å². The zero-order valence-corrected chi connectivity index (χ0v) is 8.99. The van der Waals surface area contributed by atoms with Crippen molar-refractivity contribution >= 4 is 17.4 Å². The predicted molar refractivity (Wildman–Crippen MR) is 61.5 cm³/mol. The van der Waals surface area contributed by atoms with E-state index in [2.05, 4.69) is 9.97 Å². The van der Waals surface area contributed by atoms with E-state index >= 15 is 0 Å². The number of hydrogen-bond acceptors (Lipinski definition) is 5. The molecule has 1 aromatic carbocycles. The van der Waals surface area contributed by atoms with Gasteiger partial charge in [0.25, 0.3) is 5.56 Å². The van der Waals surface area contributed by atoms with Crippen molar-refractivity contribution in [2.75, 3.05) is 5.73 Å². The van der Waals surface area contributed by atoms with Crippen LogP contribution in [0, 0.1) is 0 Å². The molecule has 0 atom stereocenters. The molecule has 0 saturated heterocycles. The van der Waals surface area contributed by atoms with E-state index in [9.17, 15) is 4.79 Å². The van der Waals surface area contributed by atoms with E-state index in [-0.39, 0.29) is 17.0 Å². The molecule has 5 nitrogen and oxygen atoms in total. The Hall–Kier alpha value is -1.95. The molecule has 2 rings (SSSR count). The minimum absolute atomic E-state index is 0.0978. The molecule has 2 aromatic rings. The molecule has 0 spiro atoms. The Bertz CT molecular complexity index is 551. The van der Waals surface area contributed by atoms with Crippen LogP contribution in [0.15, 0.2) is 45.3 Å². The first-order chi connectivity index (χ1) is 7.66. The number of hydrogen-bond donors (Lipinski definition) is 3. The van der Waals surface area contributed by atoms with E-state index in [0.717, 1.165) is 4.90 Å². The number of H-pyrrole nitrogens is 1. The van der Waals surface area contributed by atoms with E-state index in [4.69, 9.17) is 10.8 Å². The number of phenolic OH excluding ortho intramolecular Hbond substituents is 1. The van der Waals surface area contributed by atoms with Gasteiger partial charge in [-0.25, -0.2) is 4.98 Å². The van der Waals surface area contributed by atoms with Crippen LogP contribution < -0.4 is 11.3 Å². The highest BCUT2D eigenvalue weighted by atomic mass is 32.2. The summed E-state index contributed by atoms with van der Waals surface area (Å²) in [7, 11) is 0. The third-order valence-corrected chi connectivity index (χ3v) is 2.93. The number of nitrogens with zero attached hydrogens (tertiary/aromatic N) is 1. The number of anilines is 1. The van der Waals surface area contributed by atoms with Crippen molar-refractivity contribution in [3.05, 3.63) is 40.9 Å². The summed E-state index contributed by atoms with van der Waals surface area (Å²) in [5, 5.41) is 9.57. The van der Waals surface area contributed by atoms with Crippen LogP contribution in [0.2, 0.25) is 0 Å². The van der Waals surface area contributed by atoms with Crippen LogP contribution in [0.1, 0.15) is 0 Å². The fraction of sp³-hybridized carbons (Fsp3) is 0. The monoisotopic (exact) mass is 235 g/mol. The molecule has 1 aromatic heterocycles. The Labute approximate surface area is 95.3 Å². The average Bonchev–Trinajstić information content (AvgIpc) is 2.28. The summed E-state index contributed by atoms with van der Waals surface area (Å²) in [6.07, 6.45) is 1.31. The minimum atomic E-state index is -0.351. The van der Waals surface area contributed by atoms with Crippen LogP contribution in [0.3, 0.4) is 0 Å². The Balaban J connectivity index is 2.30. The van der Waals surface area contributed by atoms with Gasteiger partial charge in [0.15, 0.2) is 0 Å². The SMILES string of the molecule is Nc1c(Sc2ccc(O)cc2)nc[nH]c1=O. The van der Waals surface area contributed by atoms with Gasteiger partial charge in [0.1, 0.15) is 16.5 Å². The number of phenols is 1. The van der Waals surface area contributed by atoms with E-state index < -0.39 is 0 Å². The number of benzene rings is 1. The number of aromatic nitrogens is 2. The van der Waals surface area contributed by atoms with Crippen LogP contribution in [-0.2, 0) is 0 Å². The first kappa shape index (κ1) is 10.6. The van der Waals surface area contributed by atoms with Crippen LogP contribution in [0.5, 0.6) is 5.75 Å². The summed E-state index contributed by atoms with van der Waals surface area (Å²) in [6, 6.07) is 6.57. The highest BCUT2D eigenvalue weighted by Gasteiger charge is 2.06. The first-order valence-electron chi connectivity index (χ1n) is 4.47. The summed E-state index contributed by atoms with van der Waals surface area (Å²) >= 11 is 1.27. The molecule has 1 heterocycles. The molecule has 0 bridgehead atoms. The van der Waals surface area contributed by atoms with Gasteiger partial charge in [-0.2, -0.15) is 0 Å². The number of nitrogens with two attached hydrogens (primary N) is 1. The first-order valence-corrected chi connectivity index (χ1v) is 5.28. The second-order valence-electron chi connectivity index (χ2n) is 3.05. The van der Waals surface area contributed by atoms with Crippen molar-refractivity contribution in [2.24, 2.45) is 0 Å². The molecule has 0 amide bonds. The predicted octanol–water partition coefficient (Wildman–Crippen LogP) is 1.21. The fourth-order valence-electron chi connectivity index (χ4n) is 1.10. The summed E-state index contributed by atoms with van der Waals surface area (Å²) in [4.78, 5) is 18.4. The quantitative estimate of drug-likeness (QED) is 0.680. The van der Waals surface area contributed by atoms with E-state index in [1.54, 1.807) is 24.3 Å². The molecule has 4 N–H and O–H groups in total. The number of aromatic amines is 1. The molecule has 0 fully saturated rings. The van der Waals surface area contributed by atoms with E-state index in [1.807, 2.05) is 0 Å². The smallest absolute Gasteiger partial charge is 0.275 e. The normalized spacial score (nSPS) is 10.2. The van der Waals surface area contributed by atoms with Gasteiger partial charge >= 0.3 is 0 Å². The Kier molecular flexibility index (Phi) is 2.82. The maximum atomic E-state index is 11.2. The topological polar surface area (TPSA) is 92.0 Å². The Morgan fingerprint density at radius 2 is 2.00 bits per heavy atom. The third-order valence-electron chi connectivity index (χ3n) is 1.90. The van der Waals surface area contributed by atoms with Crippen molar-refractivity contribution in [1.29, 1.82) is 0 Å². The van der Waals surface area contributed by atoms with E-state index in [0.29, 0.717) is 5.03 Å². The molecule has 0 aliphatic carbocycles. The van der Waals surface area contributed by atoms with Crippen molar-refractivity contribution in [3.63, 3.8) is 0 Å². The van der Waals surface area contributed by atoms with Crippen molar-refractivity contribution < 1.29 is 5.11 Å². The van der Waals surface area contributed by atoms with Gasteiger partial charge in [-0.3, -0.25) is 4.79 Å². The van der Waals surface area contributed by atoms with Crippen LogP contribution in [0.4, 0.5) is 5.69 Å². The maximum absolute atomic E-state index is 11.2. The third kappa shape index (κ3) is 2.17. The molecule has 0 aliphatic heterocycles. The second-order valence-corrected chi connectivity index (χ2v) is 4.11. The standard InChI is InChI=1S/C10H9N3O2S/c11-8-9(15)12-5-13-10(8)16-7-3-1-6(14)2-4-7/h1-5,14H,11H2,(H,12,13,15). The molecule has 16 heavy (non-hydrogen) atoms. The van der Waals surface area contributed by atoms with E-state index in [1.165, 1.54) is 18.1 Å². The van der Waals surface area contributed by atoms with Gasteiger partial charge < -0.3 is 15.8 Å². The molecular weight excluding hydrogens is 226 g/mol. The zero-order valence-electron chi connectivity index (χ0n) is 8.18.